The first kappa shape index (κ1) is 14.8. The minimum atomic E-state index is -0.766. The highest BCUT2D eigenvalue weighted by Crippen LogP contribution is 2.09. The van der Waals surface area contributed by atoms with Gasteiger partial charge in [-0.3, -0.25) is 9.59 Å². The summed E-state index contributed by atoms with van der Waals surface area (Å²) in [4.78, 5) is 23.6. The number of halogens is 1. The van der Waals surface area contributed by atoms with E-state index in [1.165, 1.54) is 19.1 Å². The zero-order chi connectivity index (χ0) is 15.4. The number of hydrogen-bond acceptors (Lipinski definition) is 4. The topological polar surface area (TPSA) is 79.5 Å². The van der Waals surface area contributed by atoms with Crippen LogP contribution in [0.5, 0.6) is 5.75 Å². The van der Waals surface area contributed by atoms with Crippen LogP contribution in [0, 0.1) is 12.7 Å². The van der Waals surface area contributed by atoms with Crippen LogP contribution in [0.25, 0.3) is 0 Å². The lowest BCUT2D eigenvalue weighted by atomic mass is 10.1. The van der Waals surface area contributed by atoms with Crippen molar-refractivity contribution in [2.45, 2.75) is 13.3 Å². The molecule has 1 heterocycles. The van der Waals surface area contributed by atoms with E-state index in [2.05, 4.69) is 5.32 Å². The molecule has 1 aromatic carbocycles. The first-order valence-corrected chi connectivity index (χ1v) is 6.33. The Labute approximate surface area is 120 Å². The Morgan fingerprint density at radius 3 is 2.67 bits per heavy atom. The van der Waals surface area contributed by atoms with Gasteiger partial charge >= 0.3 is 0 Å². The fourth-order valence-electron chi connectivity index (χ4n) is 1.87. The molecule has 2 N–H and O–H groups in total. The summed E-state index contributed by atoms with van der Waals surface area (Å²) in [6.07, 6.45) is 1.39. The Morgan fingerprint density at radius 1 is 1.33 bits per heavy atom. The third-order valence-corrected chi connectivity index (χ3v) is 3.00. The zero-order valence-electron chi connectivity index (χ0n) is 11.4. The Balaban J connectivity index is 2.01. The molecule has 0 unspecified atom stereocenters. The van der Waals surface area contributed by atoms with Crippen LogP contribution in [0.15, 0.2) is 39.7 Å². The lowest BCUT2D eigenvalue weighted by molar-refractivity contribution is 0.0949. The van der Waals surface area contributed by atoms with Gasteiger partial charge in [0.2, 0.25) is 5.43 Å². The predicted octanol–water partition coefficient (Wildman–Crippen LogP) is 1.77. The number of amides is 1. The van der Waals surface area contributed by atoms with Crippen molar-refractivity contribution in [3.63, 3.8) is 0 Å². The molecule has 0 saturated carbocycles. The fourth-order valence-corrected chi connectivity index (χ4v) is 1.87. The van der Waals surface area contributed by atoms with E-state index in [4.69, 9.17) is 4.42 Å². The Morgan fingerprint density at radius 2 is 2.00 bits per heavy atom. The molecule has 0 spiro atoms. The smallest absolute Gasteiger partial charge is 0.258 e. The second kappa shape index (κ2) is 6.21. The standard InChI is InChI=1S/C15H14FNO4/c1-9-13(14(19)12(18)8-21-9)15(20)17-7-6-10-2-4-11(16)5-3-10/h2-5,8,18H,6-7H2,1H3,(H,17,20). The van der Waals surface area contributed by atoms with Gasteiger partial charge in [0, 0.05) is 6.54 Å². The van der Waals surface area contributed by atoms with Crippen LogP contribution in [-0.4, -0.2) is 17.6 Å². The van der Waals surface area contributed by atoms with E-state index < -0.39 is 17.1 Å². The highest BCUT2D eigenvalue weighted by Gasteiger charge is 2.17. The maximum absolute atomic E-state index is 12.7. The number of carbonyl (C=O) groups is 1. The quantitative estimate of drug-likeness (QED) is 0.899. The van der Waals surface area contributed by atoms with Crippen molar-refractivity contribution in [3.05, 3.63) is 63.5 Å². The first-order valence-electron chi connectivity index (χ1n) is 6.33. The summed E-state index contributed by atoms with van der Waals surface area (Å²) in [5.74, 6) is -1.41. The molecular weight excluding hydrogens is 277 g/mol. The normalized spacial score (nSPS) is 10.4. The van der Waals surface area contributed by atoms with Crippen LogP contribution in [0.4, 0.5) is 4.39 Å². The molecular formula is C15H14FNO4. The Bertz CT molecular complexity index is 707. The van der Waals surface area contributed by atoms with E-state index in [1.807, 2.05) is 0 Å². The molecule has 0 fully saturated rings. The van der Waals surface area contributed by atoms with E-state index in [0.717, 1.165) is 11.8 Å². The minimum Gasteiger partial charge on any atom is -0.502 e. The molecule has 0 atom stereocenters. The summed E-state index contributed by atoms with van der Waals surface area (Å²) in [5, 5.41) is 11.8. The van der Waals surface area contributed by atoms with Crippen molar-refractivity contribution in [1.82, 2.24) is 5.32 Å². The van der Waals surface area contributed by atoms with Crippen molar-refractivity contribution in [1.29, 1.82) is 0 Å². The first-order chi connectivity index (χ1) is 9.99. The second-order valence-electron chi connectivity index (χ2n) is 4.51. The molecule has 0 aliphatic heterocycles. The lowest BCUT2D eigenvalue weighted by Gasteiger charge is -2.07. The number of benzene rings is 1. The highest BCUT2D eigenvalue weighted by molar-refractivity contribution is 5.95. The molecule has 2 aromatic rings. The molecule has 0 saturated heterocycles. The van der Waals surface area contributed by atoms with Gasteiger partial charge in [0.05, 0.1) is 0 Å². The van der Waals surface area contributed by atoms with Gasteiger partial charge in [-0.05, 0) is 31.0 Å². The highest BCUT2D eigenvalue weighted by atomic mass is 19.1. The zero-order valence-corrected chi connectivity index (χ0v) is 11.4. The van der Waals surface area contributed by atoms with Crippen molar-refractivity contribution < 1.29 is 18.7 Å². The van der Waals surface area contributed by atoms with E-state index in [9.17, 15) is 19.1 Å². The van der Waals surface area contributed by atoms with Crippen molar-refractivity contribution in [2.75, 3.05) is 6.54 Å². The summed E-state index contributed by atoms with van der Waals surface area (Å²) in [5.41, 5.74) is -0.122. The molecule has 0 aliphatic rings. The average Bonchev–Trinajstić information content (AvgIpc) is 2.45. The summed E-state index contributed by atoms with van der Waals surface area (Å²) in [6, 6.07) is 5.92. The molecule has 110 valence electrons. The summed E-state index contributed by atoms with van der Waals surface area (Å²) < 4.78 is 17.7. The van der Waals surface area contributed by atoms with Crippen LogP contribution in [-0.2, 0) is 6.42 Å². The third-order valence-electron chi connectivity index (χ3n) is 3.00. The van der Waals surface area contributed by atoms with Crippen molar-refractivity contribution >= 4 is 5.91 Å². The maximum Gasteiger partial charge on any atom is 0.258 e. The number of aryl methyl sites for hydroxylation is 1. The van der Waals surface area contributed by atoms with Crippen LogP contribution < -0.4 is 10.7 Å². The van der Waals surface area contributed by atoms with Gasteiger partial charge in [-0.2, -0.15) is 0 Å². The number of nitrogens with one attached hydrogen (secondary N) is 1. The SMILES string of the molecule is Cc1occ(O)c(=O)c1C(=O)NCCc1ccc(F)cc1. The van der Waals surface area contributed by atoms with Crippen LogP contribution >= 0.6 is 0 Å². The maximum atomic E-state index is 12.7. The number of hydrogen-bond donors (Lipinski definition) is 2. The minimum absolute atomic E-state index is 0.136. The van der Waals surface area contributed by atoms with Crippen molar-refractivity contribution in [3.8, 4) is 5.75 Å². The van der Waals surface area contributed by atoms with Crippen LogP contribution in [0.2, 0.25) is 0 Å². The van der Waals surface area contributed by atoms with Gasteiger partial charge in [0.1, 0.15) is 23.4 Å². The summed E-state index contributed by atoms with van der Waals surface area (Å²) in [6.45, 7) is 1.74. The Hall–Kier alpha value is -2.63. The molecule has 0 bridgehead atoms. The third kappa shape index (κ3) is 3.47. The molecule has 2 rings (SSSR count). The van der Waals surface area contributed by atoms with Gasteiger partial charge in [-0.1, -0.05) is 12.1 Å². The van der Waals surface area contributed by atoms with E-state index >= 15 is 0 Å². The van der Waals surface area contributed by atoms with Crippen LogP contribution in [0.1, 0.15) is 21.7 Å². The van der Waals surface area contributed by atoms with Gasteiger partial charge in [-0.15, -0.1) is 0 Å². The second-order valence-corrected chi connectivity index (χ2v) is 4.51. The molecule has 6 heteroatoms. The van der Waals surface area contributed by atoms with Gasteiger partial charge in [0.25, 0.3) is 5.91 Å². The molecule has 1 amide bonds. The predicted molar refractivity (Wildman–Crippen MR) is 73.8 cm³/mol. The average molecular weight is 291 g/mol. The summed E-state index contributed by atoms with van der Waals surface area (Å²) in [7, 11) is 0. The molecule has 5 nitrogen and oxygen atoms in total. The van der Waals surface area contributed by atoms with E-state index in [0.29, 0.717) is 6.42 Å². The molecule has 21 heavy (non-hydrogen) atoms. The number of rotatable bonds is 4. The van der Waals surface area contributed by atoms with Gasteiger partial charge < -0.3 is 14.8 Å². The summed E-state index contributed by atoms with van der Waals surface area (Å²) >= 11 is 0. The monoisotopic (exact) mass is 291 g/mol. The molecule has 1 aromatic heterocycles. The van der Waals surface area contributed by atoms with Crippen LogP contribution in [0.3, 0.4) is 0 Å². The lowest BCUT2D eigenvalue weighted by Crippen LogP contribution is -2.31. The largest absolute Gasteiger partial charge is 0.502 e. The van der Waals surface area contributed by atoms with Gasteiger partial charge in [0.15, 0.2) is 5.75 Å². The molecule has 0 radical (unpaired) electrons. The van der Waals surface area contributed by atoms with Crippen molar-refractivity contribution in [2.24, 2.45) is 0 Å². The number of aromatic hydroxyl groups is 1. The molecule has 0 aliphatic carbocycles. The fraction of sp³-hybridized carbons (Fsp3) is 0.200. The Kier molecular flexibility index (Phi) is 4.37. The van der Waals surface area contributed by atoms with E-state index in [1.54, 1.807) is 12.1 Å². The van der Waals surface area contributed by atoms with Gasteiger partial charge in [-0.25, -0.2) is 4.39 Å². The van der Waals surface area contributed by atoms with E-state index in [-0.39, 0.29) is 23.7 Å². The number of carbonyl (C=O) groups excluding carboxylic acids is 1.